The Morgan fingerprint density at radius 2 is 1.94 bits per heavy atom. The van der Waals surface area contributed by atoms with Gasteiger partial charge in [0, 0.05) is 0 Å². The summed E-state index contributed by atoms with van der Waals surface area (Å²) in [6.07, 6.45) is 10.3. The van der Waals surface area contributed by atoms with Gasteiger partial charge in [-0.3, -0.25) is 0 Å². The van der Waals surface area contributed by atoms with Gasteiger partial charge in [0.25, 0.3) is 0 Å². The van der Waals surface area contributed by atoms with E-state index in [9.17, 15) is 0 Å². The van der Waals surface area contributed by atoms with E-state index in [1.54, 1.807) is 0 Å². The summed E-state index contributed by atoms with van der Waals surface area (Å²) in [5.41, 5.74) is 0. The highest BCUT2D eigenvalue weighted by molar-refractivity contribution is 4.78. The smallest absolute Gasteiger partial charge is 0.00160 e. The van der Waals surface area contributed by atoms with Gasteiger partial charge in [-0.2, -0.15) is 0 Å². The summed E-state index contributed by atoms with van der Waals surface area (Å²) in [6, 6.07) is 0. The van der Waals surface area contributed by atoms with Crippen LogP contribution in [0.4, 0.5) is 0 Å². The van der Waals surface area contributed by atoms with Gasteiger partial charge in [0.2, 0.25) is 0 Å². The monoisotopic (exact) mass is 223 g/mol. The molecular formula is C15H29N. The van der Waals surface area contributed by atoms with Crippen molar-refractivity contribution < 1.29 is 0 Å². The minimum Gasteiger partial charge on any atom is -0.303 e. The SMILES string of the molecule is C=CCC1CCN(CCCCC(C)C)CC1. The molecule has 0 saturated carbocycles. The first-order valence-electron chi connectivity index (χ1n) is 7.05. The van der Waals surface area contributed by atoms with E-state index in [1.807, 2.05) is 0 Å². The first kappa shape index (κ1) is 13.8. The average molecular weight is 223 g/mol. The van der Waals surface area contributed by atoms with Gasteiger partial charge in [-0.1, -0.05) is 32.8 Å². The lowest BCUT2D eigenvalue weighted by molar-refractivity contribution is 0.181. The van der Waals surface area contributed by atoms with Crippen molar-refractivity contribution in [3.8, 4) is 0 Å². The van der Waals surface area contributed by atoms with Crippen molar-refractivity contribution in [2.45, 2.75) is 52.4 Å². The summed E-state index contributed by atoms with van der Waals surface area (Å²) < 4.78 is 0. The van der Waals surface area contributed by atoms with Crippen LogP contribution in [0.1, 0.15) is 52.4 Å². The molecule has 94 valence electrons. The number of piperidine rings is 1. The maximum absolute atomic E-state index is 3.84. The molecule has 0 spiro atoms. The summed E-state index contributed by atoms with van der Waals surface area (Å²) in [5, 5.41) is 0. The lowest BCUT2D eigenvalue weighted by Crippen LogP contribution is -2.34. The van der Waals surface area contributed by atoms with Gasteiger partial charge < -0.3 is 4.90 Å². The van der Waals surface area contributed by atoms with Gasteiger partial charge in [0.1, 0.15) is 0 Å². The third-order valence-corrected chi connectivity index (χ3v) is 3.71. The Bertz CT molecular complexity index is 178. The second kappa shape index (κ2) is 7.89. The van der Waals surface area contributed by atoms with Crippen molar-refractivity contribution in [1.29, 1.82) is 0 Å². The van der Waals surface area contributed by atoms with Crippen LogP contribution in [0.25, 0.3) is 0 Å². The van der Waals surface area contributed by atoms with E-state index in [4.69, 9.17) is 0 Å². The van der Waals surface area contributed by atoms with Crippen molar-refractivity contribution in [1.82, 2.24) is 4.90 Å². The Kier molecular flexibility index (Phi) is 6.79. The first-order chi connectivity index (χ1) is 7.72. The van der Waals surface area contributed by atoms with Gasteiger partial charge in [-0.25, -0.2) is 0 Å². The first-order valence-corrected chi connectivity index (χ1v) is 7.05. The highest BCUT2D eigenvalue weighted by atomic mass is 15.1. The van der Waals surface area contributed by atoms with Crippen LogP contribution in [-0.2, 0) is 0 Å². The third kappa shape index (κ3) is 5.69. The number of likely N-dealkylation sites (tertiary alicyclic amines) is 1. The van der Waals surface area contributed by atoms with Crippen molar-refractivity contribution in [3.63, 3.8) is 0 Å². The molecule has 0 radical (unpaired) electrons. The summed E-state index contributed by atoms with van der Waals surface area (Å²) >= 11 is 0. The average Bonchev–Trinajstić information content (AvgIpc) is 2.27. The maximum Gasteiger partial charge on any atom is -0.00160 e. The van der Waals surface area contributed by atoms with E-state index in [0.29, 0.717) is 0 Å². The molecule has 0 unspecified atom stereocenters. The number of unbranched alkanes of at least 4 members (excludes halogenated alkanes) is 1. The fourth-order valence-corrected chi connectivity index (χ4v) is 2.57. The van der Waals surface area contributed by atoms with E-state index in [1.165, 1.54) is 58.2 Å². The number of allylic oxidation sites excluding steroid dienone is 1. The molecule has 0 bridgehead atoms. The summed E-state index contributed by atoms with van der Waals surface area (Å²) in [4.78, 5) is 2.65. The van der Waals surface area contributed by atoms with E-state index in [0.717, 1.165) is 11.8 Å². The summed E-state index contributed by atoms with van der Waals surface area (Å²) in [6.45, 7) is 12.4. The molecule has 0 N–H and O–H groups in total. The van der Waals surface area contributed by atoms with E-state index in [2.05, 4.69) is 31.4 Å². The molecule has 16 heavy (non-hydrogen) atoms. The largest absolute Gasteiger partial charge is 0.303 e. The minimum absolute atomic E-state index is 0.873. The fraction of sp³-hybridized carbons (Fsp3) is 0.867. The molecule has 1 aliphatic heterocycles. The Morgan fingerprint density at radius 1 is 1.25 bits per heavy atom. The molecule has 1 nitrogen and oxygen atoms in total. The van der Waals surface area contributed by atoms with Crippen molar-refractivity contribution in [3.05, 3.63) is 12.7 Å². The van der Waals surface area contributed by atoms with Gasteiger partial charge in [-0.05, 0) is 57.2 Å². The highest BCUT2D eigenvalue weighted by Crippen LogP contribution is 2.21. The molecule has 0 aliphatic carbocycles. The Hall–Kier alpha value is -0.300. The normalized spacial score (nSPS) is 19.2. The van der Waals surface area contributed by atoms with Crippen molar-refractivity contribution in [2.24, 2.45) is 11.8 Å². The summed E-state index contributed by atoms with van der Waals surface area (Å²) in [7, 11) is 0. The highest BCUT2D eigenvalue weighted by Gasteiger charge is 2.17. The van der Waals surface area contributed by atoms with E-state index < -0.39 is 0 Å². The maximum atomic E-state index is 3.84. The minimum atomic E-state index is 0.873. The molecule has 0 aromatic carbocycles. The number of hydrogen-bond donors (Lipinski definition) is 0. The van der Waals surface area contributed by atoms with Gasteiger partial charge in [-0.15, -0.1) is 6.58 Å². The molecular weight excluding hydrogens is 194 g/mol. The number of nitrogens with zero attached hydrogens (tertiary/aromatic N) is 1. The predicted octanol–water partition coefficient (Wildman–Crippen LogP) is 4.10. The Morgan fingerprint density at radius 3 is 2.50 bits per heavy atom. The van der Waals surface area contributed by atoms with Crippen LogP contribution in [-0.4, -0.2) is 24.5 Å². The molecule has 1 rings (SSSR count). The Balaban J connectivity index is 2.01. The molecule has 0 aromatic rings. The van der Waals surface area contributed by atoms with Crippen LogP contribution < -0.4 is 0 Å². The number of hydrogen-bond acceptors (Lipinski definition) is 1. The van der Waals surface area contributed by atoms with Crippen LogP contribution >= 0.6 is 0 Å². The second-order valence-corrected chi connectivity index (χ2v) is 5.70. The third-order valence-electron chi connectivity index (χ3n) is 3.71. The molecule has 1 aliphatic rings. The quantitative estimate of drug-likeness (QED) is 0.464. The van der Waals surface area contributed by atoms with Crippen LogP contribution in [0.2, 0.25) is 0 Å². The molecule has 0 amide bonds. The standard InChI is InChI=1S/C15H29N/c1-4-7-15-9-12-16(13-10-15)11-6-5-8-14(2)3/h4,14-15H,1,5-13H2,2-3H3. The zero-order chi connectivity index (χ0) is 11.8. The van der Waals surface area contributed by atoms with Crippen molar-refractivity contribution >= 4 is 0 Å². The van der Waals surface area contributed by atoms with E-state index in [-0.39, 0.29) is 0 Å². The van der Waals surface area contributed by atoms with Crippen LogP contribution in [0.3, 0.4) is 0 Å². The van der Waals surface area contributed by atoms with Gasteiger partial charge in [0.05, 0.1) is 0 Å². The van der Waals surface area contributed by atoms with Crippen LogP contribution in [0.15, 0.2) is 12.7 Å². The predicted molar refractivity (Wildman–Crippen MR) is 72.7 cm³/mol. The summed E-state index contributed by atoms with van der Waals surface area (Å²) in [5.74, 6) is 1.79. The zero-order valence-corrected chi connectivity index (χ0v) is 11.3. The molecule has 1 heterocycles. The molecule has 1 heteroatoms. The fourth-order valence-electron chi connectivity index (χ4n) is 2.57. The lowest BCUT2D eigenvalue weighted by Gasteiger charge is -2.31. The molecule has 1 fully saturated rings. The van der Waals surface area contributed by atoms with Gasteiger partial charge in [0.15, 0.2) is 0 Å². The number of rotatable bonds is 7. The van der Waals surface area contributed by atoms with Crippen LogP contribution in [0.5, 0.6) is 0 Å². The zero-order valence-electron chi connectivity index (χ0n) is 11.3. The Labute approximate surface area is 102 Å². The lowest BCUT2D eigenvalue weighted by atomic mass is 9.93. The molecule has 0 atom stereocenters. The second-order valence-electron chi connectivity index (χ2n) is 5.70. The van der Waals surface area contributed by atoms with E-state index >= 15 is 0 Å². The van der Waals surface area contributed by atoms with Crippen LogP contribution in [0, 0.1) is 11.8 Å². The van der Waals surface area contributed by atoms with Crippen molar-refractivity contribution in [2.75, 3.05) is 19.6 Å². The van der Waals surface area contributed by atoms with Gasteiger partial charge >= 0.3 is 0 Å². The topological polar surface area (TPSA) is 3.24 Å². The molecule has 1 saturated heterocycles. The molecule has 0 aromatic heterocycles.